The Morgan fingerprint density at radius 3 is 1.92 bits per heavy atom. The fourth-order valence-corrected chi connectivity index (χ4v) is 0.404. The molecular formula is C6H4F6O. The van der Waals surface area contributed by atoms with Crippen molar-refractivity contribution in [3.05, 3.63) is 25.0 Å². The average Bonchev–Trinajstić information content (AvgIpc) is 1.82. The highest BCUT2D eigenvalue weighted by Crippen LogP contribution is 2.37. The fourth-order valence-electron chi connectivity index (χ4n) is 0.404. The van der Waals surface area contributed by atoms with E-state index in [9.17, 15) is 26.3 Å². The lowest BCUT2D eigenvalue weighted by atomic mass is 10.3. The maximum absolute atomic E-state index is 12.2. The molecule has 0 aliphatic carbocycles. The van der Waals surface area contributed by atoms with Gasteiger partial charge in [0.1, 0.15) is 0 Å². The molecule has 0 atom stereocenters. The molecule has 0 radical (unpaired) electrons. The standard InChI is InChI=1S/C6H4F6O/c1-2-13-6(11,12)5(9,10)3-4(7)8/h2-3H,1H2. The molecule has 0 aromatic carbocycles. The van der Waals surface area contributed by atoms with Crippen LogP contribution in [0, 0.1) is 0 Å². The Bertz CT molecular complexity index is 217. The number of ether oxygens (including phenoxy) is 1. The van der Waals surface area contributed by atoms with Crippen LogP contribution in [0.5, 0.6) is 0 Å². The summed E-state index contributed by atoms with van der Waals surface area (Å²) < 4.78 is 74.2. The minimum Gasteiger partial charge on any atom is -0.436 e. The van der Waals surface area contributed by atoms with E-state index >= 15 is 0 Å². The Labute approximate surface area is 69.3 Å². The van der Waals surface area contributed by atoms with Gasteiger partial charge in [0.05, 0.1) is 12.3 Å². The van der Waals surface area contributed by atoms with E-state index in [0.29, 0.717) is 0 Å². The van der Waals surface area contributed by atoms with Crippen LogP contribution in [0.1, 0.15) is 0 Å². The monoisotopic (exact) mass is 206 g/mol. The van der Waals surface area contributed by atoms with Crippen molar-refractivity contribution in [1.29, 1.82) is 0 Å². The molecule has 0 saturated carbocycles. The zero-order valence-corrected chi connectivity index (χ0v) is 6.04. The Hall–Kier alpha value is -1.14. The molecule has 76 valence electrons. The molecule has 1 nitrogen and oxygen atoms in total. The molecule has 0 spiro atoms. The highest BCUT2D eigenvalue weighted by Gasteiger charge is 2.58. The van der Waals surface area contributed by atoms with Crippen molar-refractivity contribution in [2.24, 2.45) is 0 Å². The highest BCUT2D eigenvalue weighted by molar-refractivity contribution is 5.00. The lowest BCUT2D eigenvalue weighted by Crippen LogP contribution is -2.40. The first-order valence-electron chi connectivity index (χ1n) is 2.81. The van der Waals surface area contributed by atoms with Gasteiger partial charge in [-0.15, -0.1) is 0 Å². The van der Waals surface area contributed by atoms with Gasteiger partial charge >= 0.3 is 12.0 Å². The molecule has 0 amide bonds. The largest absolute Gasteiger partial charge is 0.468 e. The van der Waals surface area contributed by atoms with Gasteiger partial charge in [-0.25, -0.2) is 0 Å². The van der Waals surface area contributed by atoms with E-state index in [1.54, 1.807) is 0 Å². The number of hydrogen-bond acceptors (Lipinski definition) is 1. The van der Waals surface area contributed by atoms with Crippen LogP contribution in [0.25, 0.3) is 0 Å². The third kappa shape index (κ3) is 3.00. The summed E-state index contributed by atoms with van der Waals surface area (Å²) in [7, 11) is 0. The number of rotatable bonds is 4. The summed E-state index contributed by atoms with van der Waals surface area (Å²) in [5.41, 5.74) is 0. The summed E-state index contributed by atoms with van der Waals surface area (Å²) in [5, 5.41) is 0. The minimum absolute atomic E-state index is 0.0396. The maximum Gasteiger partial charge on any atom is 0.468 e. The maximum atomic E-state index is 12.2. The van der Waals surface area contributed by atoms with Crippen LogP contribution in [0.15, 0.2) is 25.0 Å². The van der Waals surface area contributed by atoms with Gasteiger partial charge in [0.15, 0.2) is 0 Å². The van der Waals surface area contributed by atoms with Crippen molar-refractivity contribution in [3.63, 3.8) is 0 Å². The smallest absolute Gasteiger partial charge is 0.436 e. The van der Waals surface area contributed by atoms with Crippen molar-refractivity contribution < 1.29 is 31.1 Å². The van der Waals surface area contributed by atoms with Crippen LogP contribution >= 0.6 is 0 Å². The Morgan fingerprint density at radius 2 is 1.62 bits per heavy atom. The molecule has 0 saturated heterocycles. The summed E-state index contributed by atoms with van der Waals surface area (Å²) in [6.07, 6.45) is -9.09. The number of hydrogen-bond donors (Lipinski definition) is 0. The van der Waals surface area contributed by atoms with Gasteiger partial charge in [0.2, 0.25) is 0 Å². The molecule has 0 aromatic rings. The molecule has 13 heavy (non-hydrogen) atoms. The number of alkyl halides is 4. The average molecular weight is 206 g/mol. The first-order chi connectivity index (χ1) is 5.73. The molecule has 0 heterocycles. The normalized spacial score (nSPS) is 12.2. The van der Waals surface area contributed by atoms with Crippen LogP contribution in [0.3, 0.4) is 0 Å². The van der Waals surface area contributed by atoms with Crippen molar-refractivity contribution in [2.45, 2.75) is 12.0 Å². The van der Waals surface area contributed by atoms with Crippen LogP contribution in [0.4, 0.5) is 26.3 Å². The third-order valence-electron chi connectivity index (χ3n) is 0.910. The van der Waals surface area contributed by atoms with Crippen molar-refractivity contribution in [1.82, 2.24) is 0 Å². The lowest BCUT2D eigenvalue weighted by molar-refractivity contribution is -0.308. The Morgan fingerprint density at radius 1 is 1.15 bits per heavy atom. The van der Waals surface area contributed by atoms with E-state index < -0.39 is 24.2 Å². The summed E-state index contributed by atoms with van der Waals surface area (Å²) in [5.74, 6) is -5.07. The van der Waals surface area contributed by atoms with E-state index in [0.717, 1.165) is 0 Å². The second kappa shape index (κ2) is 3.71. The topological polar surface area (TPSA) is 9.23 Å². The summed E-state index contributed by atoms with van der Waals surface area (Å²) in [6.45, 7) is 2.59. The molecular weight excluding hydrogens is 202 g/mol. The predicted octanol–water partition coefficient (Wildman–Crippen LogP) is 3.16. The molecule has 0 unspecified atom stereocenters. The minimum atomic E-state index is -5.07. The van der Waals surface area contributed by atoms with Gasteiger partial charge < -0.3 is 4.74 Å². The molecule has 0 fully saturated rings. The van der Waals surface area contributed by atoms with E-state index in [1.807, 2.05) is 0 Å². The Balaban J connectivity index is 4.79. The highest BCUT2D eigenvalue weighted by atomic mass is 19.3. The van der Waals surface area contributed by atoms with Gasteiger partial charge in [0.25, 0.3) is 6.08 Å². The van der Waals surface area contributed by atoms with E-state index in [1.165, 1.54) is 0 Å². The summed E-state index contributed by atoms with van der Waals surface area (Å²) >= 11 is 0. The second-order valence-electron chi connectivity index (χ2n) is 1.86. The summed E-state index contributed by atoms with van der Waals surface area (Å²) in [6, 6.07) is 0. The molecule has 0 aliphatic heterocycles. The van der Waals surface area contributed by atoms with Gasteiger partial charge in [0, 0.05) is 0 Å². The number of halogens is 6. The molecule has 0 N–H and O–H groups in total. The van der Waals surface area contributed by atoms with Gasteiger partial charge in [-0.2, -0.15) is 26.3 Å². The van der Waals surface area contributed by atoms with Crippen molar-refractivity contribution in [2.75, 3.05) is 0 Å². The van der Waals surface area contributed by atoms with Crippen molar-refractivity contribution in [3.8, 4) is 0 Å². The van der Waals surface area contributed by atoms with Crippen molar-refractivity contribution >= 4 is 0 Å². The quantitative estimate of drug-likeness (QED) is 0.507. The predicted molar refractivity (Wildman–Crippen MR) is 31.5 cm³/mol. The molecule has 0 aromatic heterocycles. The molecule has 0 aliphatic rings. The van der Waals surface area contributed by atoms with E-state index in [4.69, 9.17) is 0 Å². The second-order valence-corrected chi connectivity index (χ2v) is 1.86. The van der Waals surface area contributed by atoms with Crippen LogP contribution in [0.2, 0.25) is 0 Å². The third-order valence-corrected chi connectivity index (χ3v) is 0.910. The van der Waals surface area contributed by atoms with Crippen LogP contribution in [-0.4, -0.2) is 12.0 Å². The lowest BCUT2D eigenvalue weighted by Gasteiger charge is -2.21. The van der Waals surface area contributed by atoms with Gasteiger partial charge in [-0.1, -0.05) is 6.58 Å². The first kappa shape index (κ1) is 11.9. The van der Waals surface area contributed by atoms with Gasteiger partial charge in [-0.3, -0.25) is 0 Å². The summed E-state index contributed by atoms with van der Waals surface area (Å²) in [4.78, 5) is 0. The first-order valence-corrected chi connectivity index (χ1v) is 2.81. The van der Waals surface area contributed by atoms with Crippen LogP contribution in [-0.2, 0) is 4.74 Å². The van der Waals surface area contributed by atoms with Crippen LogP contribution < -0.4 is 0 Å². The van der Waals surface area contributed by atoms with Gasteiger partial charge in [-0.05, 0) is 0 Å². The SMILES string of the molecule is C=COC(F)(F)C(F)(F)C=C(F)F. The van der Waals surface area contributed by atoms with E-state index in [2.05, 4.69) is 11.3 Å². The van der Waals surface area contributed by atoms with E-state index in [-0.39, 0.29) is 6.26 Å². The molecule has 0 rings (SSSR count). The molecule has 7 heteroatoms. The zero-order chi connectivity index (χ0) is 10.7. The zero-order valence-electron chi connectivity index (χ0n) is 6.04. The fraction of sp³-hybridized carbons (Fsp3) is 0.333. The molecule has 0 bridgehead atoms. The Kier molecular flexibility index (Phi) is 3.39.